The zero-order valence-corrected chi connectivity index (χ0v) is 11.9. The van der Waals surface area contributed by atoms with Crippen molar-refractivity contribution in [1.82, 2.24) is 0 Å². The molecule has 0 bridgehead atoms. The van der Waals surface area contributed by atoms with Crippen LogP contribution >= 0.6 is 0 Å². The van der Waals surface area contributed by atoms with Gasteiger partial charge in [-0.3, -0.25) is 4.79 Å². The van der Waals surface area contributed by atoms with Gasteiger partial charge in [0.05, 0.1) is 5.41 Å². The van der Waals surface area contributed by atoms with E-state index in [1.165, 1.54) is 6.07 Å². The average molecular weight is 282 g/mol. The minimum atomic E-state index is -1.27. The minimum Gasteiger partial charge on any atom is -0.481 e. The number of aliphatic carboxylic acids is 1. The fraction of sp³-hybridized carbons (Fsp3) is 0.562. The highest BCUT2D eigenvalue weighted by Crippen LogP contribution is 2.42. The first-order chi connectivity index (χ1) is 9.38. The van der Waals surface area contributed by atoms with E-state index in [-0.39, 0.29) is 11.5 Å². The van der Waals surface area contributed by atoms with Crippen LogP contribution in [0.1, 0.15) is 63.0 Å². The van der Waals surface area contributed by atoms with Crippen molar-refractivity contribution in [2.24, 2.45) is 0 Å². The molecule has 4 heteroatoms. The number of benzene rings is 1. The van der Waals surface area contributed by atoms with Gasteiger partial charge in [0.1, 0.15) is 0 Å². The Bertz CT molecular complexity index is 517. The summed E-state index contributed by atoms with van der Waals surface area (Å²) in [5.74, 6) is -2.97. The highest BCUT2D eigenvalue weighted by atomic mass is 19.2. The van der Waals surface area contributed by atoms with Crippen molar-refractivity contribution in [2.45, 2.75) is 57.3 Å². The van der Waals surface area contributed by atoms with Gasteiger partial charge in [-0.25, -0.2) is 8.78 Å². The van der Waals surface area contributed by atoms with Gasteiger partial charge in [0, 0.05) is 5.56 Å². The van der Waals surface area contributed by atoms with Crippen LogP contribution in [0.25, 0.3) is 0 Å². The first-order valence-electron chi connectivity index (χ1n) is 7.11. The summed E-state index contributed by atoms with van der Waals surface area (Å²) >= 11 is 0. The molecule has 110 valence electrons. The van der Waals surface area contributed by atoms with Crippen molar-refractivity contribution >= 4 is 5.97 Å². The summed E-state index contributed by atoms with van der Waals surface area (Å²) in [6.07, 6.45) is 3.17. The summed E-state index contributed by atoms with van der Waals surface area (Å²) in [4.78, 5) is 11.7. The Balaban J connectivity index is 2.61. The Morgan fingerprint density at radius 3 is 2.30 bits per heavy atom. The van der Waals surface area contributed by atoms with Gasteiger partial charge in [0.2, 0.25) is 0 Å². The van der Waals surface area contributed by atoms with Crippen molar-refractivity contribution in [3.8, 4) is 0 Å². The highest BCUT2D eigenvalue weighted by Gasteiger charge is 2.44. The summed E-state index contributed by atoms with van der Waals surface area (Å²) in [7, 11) is 0. The van der Waals surface area contributed by atoms with Gasteiger partial charge >= 0.3 is 5.97 Å². The third kappa shape index (κ3) is 2.43. The van der Waals surface area contributed by atoms with E-state index in [4.69, 9.17) is 0 Å². The molecule has 0 unspecified atom stereocenters. The SMILES string of the molecule is CC(C)c1cc(F)c(F)c(C2(C(=O)O)CCCCC2)c1. The standard InChI is InChI=1S/C16H20F2O2/c1-10(2)11-8-12(14(18)13(17)9-11)16(15(19)20)6-4-3-5-7-16/h8-10H,3-7H2,1-2H3,(H,19,20). The summed E-state index contributed by atoms with van der Waals surface area (Å²) in [5, 5.41) is 9.60. The van der Waals surface area contributed by atoms with Crippen molar-refractivity contribution < 1.29 is 18.7 Å². The highest BCUT2D eigenvalue weighted by molar-refractivity contribution is 5.81. The Kier molecular flexibility index (Phi) is 4.11. The minimum absolute atomic E-state index is 0.0217. The molecule has 0 radical (unpaired) electrons. The molecule has 0 spiro atoms. The van der Waals surface area contributed by atoms with E-state index in [1.807, 2.05) is 13.8 Å². The quantitative estimate of drug-likeness (QED) is 0.893. The Labute approximate surface area is 117 Å². The number of carboxylic acids is 1. The molecular weight excluding hydrogens is 262 g/mol. The molecule has 0 aliphatic heterocycles. The van der Waals surface area contributed by atoms with Crippen molar-refractivity contribution in [3.05, 3.63) is 34.9 Å². The number of carboxylic acid groups (broad SMARTS) is 1. The average Bonchev–Trinajstić information content (AvgIpc) is 2.42. The first kappa shape index (κ1) is 14.9. The molecule has 0 aromatic heterocycles. The molecule has 2 rings (SSSR count). The van der Waals surface area contributed by atoms with E-state index in [0.717, 1.165) is 19.3 Å². The summed E-state index contributed by atoms with van der Waals surface area (Å²) in [6.45, 7) is 3.76. The fourth-order valence-corrected chi connectivity index (χ4v) is 3.05. The number of hydrogen-bond acceptors (Lipinski definition) is 1. The Morgan fingerprint density at radius 2 is 1.80 bits per heavy atom. The lowest BCUT2D eigenvalue weighted by atomic mass is 9.68. The van der Waals surface area contributed by atoms with Gasteiger partial charge in [-0.15, -0.1) is 0 Å². The molecular formula is C16H20F2O2. The molecule has 1 aliphatic carbocycles. The normalized spacial score (nSPS) is 18.2. The zero-order chi connectivity index (χ0) is 14.9. The van der Waals surface area contributed by atoms with Gasteiger partial charge in [-0.2, -0.15) is 0 Å². The van der Waals surface area contributed by atoms with Gasteiger partial charge in [-0.05, 0) is 30.4 Å². The third-order valence-corrected chi connectivity index (χ3v) is 4.35. The number of rotatable bonds is 3. The first-order valence-corrected chi connectivity index (χ1v) is 7.11. The van der Waals surface area contributed by atoms with Gasteiger partial charge in [0.15, 0.2) is 11.6 Å². The van der Waals surface area contributed by atoms with Gasteiger partial charge in [0.25, 0.3) is 0 Å². The van der Waals surface area contributed by atoms with Crippen LogP contribution in [-0.4, -0.2) is 11.1 Å². The van der Waals surface area contributed by atoms with Crippen LogP contribution in [0.5, 0.6) is 0 Å². The molecule has 1 saturated carbocycles. The van der Waals surface area contributed by atoms with Crippen molar-refractivity contribution in [2.75, 3.05) is 0 Å². The van der Waals surface area contributed by atoms with Crippen LogP contribution in [0.4, 0.5) is 8.78 Å². The third-order valence-electron chi connectivity index (χ3n) is 4.35. The van der Waals surface area contributed by atoms with Gasteiger partial charge in [-0.1, -0.05) is 39.2 Å². The van der Waals surface area contributed by atoms with Crippen LogP contribution < -0.4 is 0 Å². The fourth-order valence-electron chi connectivity index (χ4n) is 3.05. The monoisotopic (exact) mass is 282 g/mol. The van der Waals surface area contributed by atoms with Crippen LogP contribution in [0.2, 0.25) is 0 Å². The molecule has 1 aliphatic rings. The molecule has 2 nitrogen and oxygen atoms in total. The van der Waals surface area contributed by atoms with Crippen LogP contribution in [0.3, 0.4) is 0 Å². The van der Waals surface area contributed by atoms with Crippen LogP contribution in [0, 0.1) is 11.6 Å². The van der Waals surface area contributed by atoms with E-state index >= 15 is 0 Å². The number of hydrogen-bond donors (Lipinski definition) is 1. The Morgan fingerprint density at radius 1 is 1.20 bits per heavy atom. The molecule has 0 saturated heterocycles. The second-order valence-electron chi connectivity index (χ2n) is 5.97. The molecule has 0 atom stereocenters. The zero-order valence-electron chi connectivity index (χ0n) is 11.9. The van der Waals surface area contributed by atoms with Crippen LogP contribution in [-0.2, 0) is 10.2 Å². The lowest BCUT2D eigenvalue weighted by Crippen LogP contribution is -2.39. The molecule has 0 amide bonds. The predicted molar refractivity (Wildman–Crippen MR) is 72.8 cm³/mol. The molecule has 1 fully saturated rings. The maximum atomic E-state index is 14.2. The summed E-state index contributed by atoms with van der Waals surface area (Å²) < 4.78 is 28.0. The van der Waals surface area contributed by atoms with E-state index < -0.39 is 23.0 Å². The topological polar surface area (TPSA) is 37.3 Å². The molecule has 0 heterocycles. The second-order valence-corrected chi connectivity index (χ2v) is 5.97. The molecule has 1 N–H and O–H groups in total. The molecule has 1 aromatic carbocycles. The summed E-state index contributed by atoms with van der Waals surface area (Å²) in [6, 6.07) is 2.71. The predicted octanol–water partition coefficient (Wildman–Crippen LogP) is 4.37. The van der Waals surface area contributed by atoms with Gasteiger partial charge < -0.3 is 5.11 Å². The van der Waals surface area contributed by atoms with Crippen molar-refractivity contribution in [1.29, 1.82) is 0 Å². The van der Waals surface area contributed by atoms with E-state index in [9.17, 15) is 18.7 Å². The number of carbonyl (C=O) groups is 1. The van der Waals surface area contributed by atoms with Crippen molar-refractivity contribution in [3.63, 3.8) is 0 Å². The molecule has 20 heavy (non-hydrogen) atoms. The lowest BCUT2D eigenvalue weighted by molar-refractivity contribution is -0.145. The second kappa shape index (κ2) is 5.51. The maximum Gasteiger partial charge on any atom is 0.314 e. The molecule has 1 aromatic rings. The van der Waals surface area contributed by atoms with E-state index in [0.29, 0.717) is 18.4 Å². The number of halogens is 2. The van der Waals surface area contributed by atoms with Crippen LogP contribution in [0.15, 0.2) is 12.1 Å². The summed E-state index contributed by atoms with van der Waals surface area (Å²) in [5.41, 5.74) is -0.604. The smallest absolute Gasteiger partial charge is 0.314 e. The lowest BCUT2D eigenvalue weighted by Gasteiger charge is -2.34. The maximum absolute atomic E-state index is 14.2. The van der Waals surface area contributed by atoms with E-state index in [2.05, 4.69) is 0 Å². The van der Waals surface area contributed by atoms with E-state index in [1.54, 1.807) is 6.07 Å². The largest absolute Gasteiger partial charge is 0.481 e. The Hall–Kier alpha value is -1.45.